The summed E-state index contributed by atoms with van der Waals surface area (Å²) in [6.45, 7) is 3.21. The van der Waals surface area contributed by atoms with Gasteiger partial charge in [0.2, 0.25) is 5.91 Å². The molecular weight excluding hydrogens is 262 g/mol. The quantitative estimate of drug-likeness (QED) is 0.741. The zero-order valence-electron chi connectivity index (χ0n) is 11.6. The molecule has 0 radical (unpaired) electrons. The second-order valence-electron chi connectivity index (χ2n) is 4.91. The molecule has 110 valence electrons. The van der Waals surface area contributed by atoms with Crippen molar-refractivity contribution in [3.63, 3.8) is 0 Å². The van der Waals surface area contributed by atoms with Crippen molar-refractivity contribution >= 4 is 23.5 Å². The Morgan fingerprint density at radius 2 is 2.05 bits per heavy atom. The summed E-state index contributed by atoms with van der Waals surface area (Å²) in [5.74, 6) is -0.608. The molecule has 0 saturated carbocycles. The highest BCUT2D eigenvalue weighted by atomic mass is 16.5. The Balaban J connectivity index is 1.86. The van der Waals surface area contributed by atoms with Gasteiger partial charge in [0.25, 0.3) is 5.91 Å². The minimum absolute atomic E-state index is 0.119. The number of rotatable bonds is 3. The van der Waals surface area contributed by atoms with Crippen LogP contribution in [0.1, 0.15) is 32.6 Å². The Hall–Kier alpha value is -1.92. The molecule has 0 spiro atoms. The summed E-state index contributed by atoms with van der Waals surface area (Å²) in [6, 6.07) is 0. The van der Waals surface area contributed by atoms with Gasteiger partial charge in [0.15, 0.2) is 0 Å². The number of carbonyl (C=O) groups excluding carboxylic acids is 3. The van der Waals surface area contributed by atoms with Crippen molar-refractivity contribution in [1.29, 1.82) is 0 Å². The van der Waals surface area contributed by atoms with Gasteiger partial charge in [-0.25, -0.2) is 5.43 Å². The van der Waals surface area contributed by atoms with Gasteiger partial charge < -0.3 is 9.64 Å². The van der Waals surface area contributed by atoms with Crippen molar-refractivity contribution in [2.45, 2.75) is 32.6 Å². The molecule has 2 aliphatic rings. The van der Waals surface area contributed by atoms with E-state index in [1.807, 2.05) is 0 Å². The molecule has 0 aromatic rings. The first-order valence-electron chi connectivity index (χ1n) is 6.93. The maximum absolute atomic E-state index is 12.2. The molecule has 1 fully saturated rings. The number of hydrogen-bond acceptors (Lipinski definition) is 5. The lowest BCUT2D eigenvalue weighted by molar-refractivity contribution is -0.150. The number of piperidine rings is 1. The predicted molar refractivity (Wildman–Crippen MR) is 70.7 cm³/mol. The highest BCUT2D eigenvalue weighted by Gasteiger charge is 2.30. The number of likely N-dealkylation sites (tertiary alicyclic amines) is 1. The van der Waals surface area contributed by atoms with Crippen LogP contribution in [0, 0.1) is 5.92 Å². The number of nitrogens with zero attached hydrogens (tertiary/aromatic N) is 2. The first kappa shape index (κ1) is 14.5. The van der Waals surface area contributed by atoms with E-state index in [2.05, 4.69) is 10.5 Å². The van der Waals surface area contributed by atoms with Gasteiger partial charge in [0.05, 0.1) is 12.5 Å². The number of ether oxygens (including phenoxy) is 1. The minimum Gasteiger partial charge on any atom is -0.466 e. The summed E-state index contributed by atoms with van der Waals surface area (Å²) in [5, 5.41) is 3.80. The average molecular weight is 281 g/mol. The lowest BCUT2D eigenvalue weighted by atomic mass is 9.96. The van der Waals surface area contributed by atoms with Gasteiger partial charge >= 0.3 is 5.97 Å². The van der Waals surface area contributed by atoms with Gasteiger partial charge in [-0.2, -0.15) is 5.10 Å². The Kier molecular flexibility index (Phi) is 4.70. The van der Waals surface area contributed by atoms with Crippen LogP contribution < -0.4 is 5.43 Å². The predicted octanol–water partition coefficient (Wildman–Crippen LogP) is 0.0541. The normalized spacial score (nSPS) is 20.1. The van der Waals surface area contributed by atoms with E-state index in [4.69, 9.17) is 4.74 Å². The van der Waals surface area contributed by atoms with Crippen LogP contribution in [0.5, 0.6) is 0 Å². The van der Waals surface area contributed by atoms with Crippen LogP contribution in [0.25, 0.3) is 0 Å². The Bertz CT molecular complexity index is 439. The first-order valence-corrected chi connectivity index (χ1v) is 6.93. The fourth-order valence-corrected chi connectivity index (χ4v) is 2.39. The average Bonchev–Trinajstić information content (AvgIpc) is 2.48. The Morgan fingerprint density at radius 1 is 1.35 bits per heavy atom. The van der Waals surface area contributed by atoms with E-state index in [0.29, 0.717) is 51.1 Å². The molecule has 1 N–H and O–H groups in total. The van der Waals surface area contributed by atoms with E-state index in [9.17, 15) is 14.4 Å². The molecule has 0 atom stereocenters. The van der Waals surface area contributed by atoms with Gasteiger partial charge in [0, 0.05) is 25.9 Å². The highest BCUT2D eigenvalue weighted by Crippen LogP contribution is 2.19. The molecule has 2 amide bonds. The van der Waals surface area contributed by atoms with Crippen molar-refractivity contribution in [2.75, 3.05) is 19.7 Å². The van der Waals surface area contributed by atoms with Crippen LogP contribution in [-0.2, 0) is 19.1 Å². The van der Waals surface area contributed by atoms with E-state index >= 15 is 0 Å². The van der Waals surface area contributed by atoms with E-state index in [-0.39, 0.29) is 23.7 Å². The fraction of sp³-hybridized carbons (Fsp3) is 0.692. The second kappa shape index (κ2) is 6.49. The van der Waals surface area contributed by atoms with Crippen LogP contribution in [0.3, 0.4) is 0 Å². The lowest BCUT2D eigenvalue weighted by Gasteiger charge is -2.31. The summed E-state index contributed by atoms with van der Waals surface area (Å²) in [7, 11) is 0. The third-order valence-electron chi connectivity index (χ3n) is 3.55. The van der Waals surface area contributed by atoms with Crippen LogP contribution in [0.15, 0.2) is 5.10 Å². The monoisotopic (exact) mass is 281 g/mol. The molecule has 0 aromatic heterocycles. The maximum Gasteiger partial charge on any atom is 0.309 e. The third-order valence-corrected chi connectivity index (χ3v) is 3.55. The van der Waals surface area contributed by atoms with Crippen molar-refractivity contribution < 1.29 is 19.1 Å². The van der Waals surface area contributed by atoms with Crippen LogP contribution in [0.2, 0.25) is 0 Å². The second-order valence-corrected chi connectivity index (χ2v) is 4.91. The van der Waals surface area contributed by atoms with Gasteiger partial charge in [-0.15, -0.1) is 0 Å². The maximum atomic E-state index is 12.2. The number of hydrogen-bond donors (Lipinski definition) is 1. The van der Waals surface area contributed by atoms with Gasteiger partial charge in [0.1, 0.15) is 5.71 Å². The summed E-state index contributed by atoms with van der Waals surface area (Å²) < 4.78 is 4.99. The van der Waals surface area contributed by atoms with E-state index < -0.39 is 0 Å². The molecule has 2 rings (SSSR count). The Morgan fingerprint density at radius 3 is 2.60 bits per heavy atom. The molecule has 7 nitrogen and oxygen atoms in total. The SMILES string of the molecule is CCOC(=O)C1CCN(C(=O)C2=NNC(=O)CC2)CC1. The van der Waals surface area contributed by atoms with Crippen LogP contribution in [-0.4, -0.2) is 48.1 Å². The molecule has 0 unspecified atom stereocenters. The number of hydrazone groups is 1. The van der Waals surface area contributed by atoms with E-state index in [1.54, 1.807) is 11.8 Å². The third kappa shape index (κ3) is 3.34. The van der Waals surface area contributed by atoms with Crippen molar-refractivity contribution in [2.24, 2.45) is 11.0 Å². The van der Waals surface area contributed by atoms with Crippen molar-refractivity contribution in [3.05, 3.63) is 0 Å². The molecule has 7 heteroatoms. The van der Waals surface area contributed by atoms with Gasteiger partial charge in [-0.05, 0) is 19.8 Å². The van der Waals surface area contributed by atoms with Crippen molar-refractivity contribution in [3.8, 4) is 0 Å². The van der Waals surface area contributed by atoms with Crippen molar-refractivity contribution in [1.82, 2.24) is 10.3 Å². The molecule has 1 saturated heterocycles. The summed E-state index contributed by atoms with van der Waals surface area (Å²) in [5.41, 5.74) is 2.71. The molecule has 0 aromatic carbocycles. The zero-order valence-corrected chi connectivity index (χ0v) is 11.6. The minimum atomic E-state index is -0.179. The largest absolute Gasteiger partial charge is 0.466 e. The van der Waals surface area contributed by atoms with Crippen LogP contribution in [0.4, 0.5) is 0 Å². The number of amides is 2. The fourth-order valence-electron chi connectivity index (χ4n) is 2.39. The molecular formula is C13H19N3O4. The molecule has 2 heterocycles. The number of carbonyl (C=O) groups is 3. The summed E-state index contributed by atoms with van der Waals surface area (Å²) in [4.78, 5) is 36.5. The number of nitrogens with one attached hydrogen (secondary N) is 1. The number of esters is 1. The molecule has 0 aliphatic carbocycles. The highest BCUT2D eigenvalue weighted by molar-refractivity contribution is 6.39. The lowest BCUT2D eigenvalue weighted by Crippen LogP contribution is -2.45. The van der Waals surface area contributed by atoms with Gasteiger partial charge in [-0.1, -0.05) is 0 Å². The zero-order chi connectivity index (χ0) is 14.5. The van der Waals surface area contributed by atoms with E-state index in [0.717, 1.165) is 0 Å². The van der Waals surface area contributed by atoms with Gasteiger partial charge in [-0.3, -0.25) is 14.4 Å². The topological polar surface area (TPSA) is 88.1 Å². The molecule has 0 bridgehead atoms. The molecule has 20 heavy (non-hydrogen) atoms. The standard InChI is InChI=1S/C13H19N3O4/c1-2-20-13(19)9-5-7-16(8-6-9)12(18)10-3-4-11(17)15-14-10/h9H,2-8H2,1H3,(H,15,17). The van der Waals surface area contributed by atoms with Crippen LogP contribution >= 0.6 is 0 Å². The smallest absolute Gasteiger partial charge is 0.309 e. The summed E-state index contributed by atoms with van der Waals surface area (Å²) in [6.07, 6.45) is 1.90. The van der Waals surface area contributed by atoms with E-state index in [1.165, 1.54) is 0 Å². The first-order chi connectivity index (χ1) is 9.61. The summed E-state index contributed by atoms with van der Waals surface area (Å²) >= 11 is 0. The molecule has 2 aliphatic heterocycles. The Labute approximate surface area is 117 Å².